The van der Waals surface area contributed by atoms with E-state index >= 15 is 0 Å². The molecule has 1 amide bonds. The fourth-order valence-electron chi connectivity index (χ4n) is 4.51. The summed E-state index contributed by atoms with van der Waals surface area (Å²) >= 11 is 12.1. The largest absolute Gasteiger partial charge is 0.508 e. The Kier molecular flexibility index (Phi) is 9.75. The van der Waals surface area contributed by atoms with Crippen molar-refractivity contribution in [3.05, 3.63) is 75.3 Å². The maximum absolute atomic E-state index is 13.2. The van der Waals surface area contributed by atoms with Gasteiger partial charge in [0.05, 0.1) is 22.5 Å². The third-order valence-electron chi connectivity index (χ3n) is 6.18. The lowest BCUT2D eigenvalue weighted by atomic mass is 9.91. The molecule has 192 valence electrons. The molecule has 2 aromatic carbocycles. The first-order chi connectivity index (χ1) is 17.2. The molecule has 2 aliphatic rings. The maximum Gasteiger partial charge on any atom is 0.328 e. The van der Waals surface area contributed by atoms with Crippen molar-refractivity contribution in [3.63, 3.8) is 0 Å². The van der Waals surface area contributed by atoms with Crippen LogP contribution >= 0.6 is 23.2 Å². The molecular formula is C26H28Cl2N2O6. The molecule has 10 heteroatoms. The molecular weight excluding hydrogens is 507 g/mol. The highest BCUT2D eigenvalue weighted by Crippen LogP contribution is 2.36. The zero-order chi connectivity index (χ0) is 26.2. The van der Waals surface area contributed by atoms with Crippen molar-refractivity contribution in [1.82, 2.24) is 9.80 Å². The van der Waals surface area contributed by atoms with Crippen molar-refractivity contribution in [1.29, 1.82) is 0 Å². The van der Waals surface area contributed by atoms with E-state index in [1.54, 1.807) is 18.2 Å². The van der Waals surface area contributed by atoms with Crippen LogP contribution in [-0.2, 0) is 27.2 Å². The van der Waals surface area contributed by atoms with Crippen molar-refractivity contribution >= 4 is 41.0 Å². The van der Waals surface area contributed by atoms with Crippen LogP contribution in [0.5, 0.6) is 5.75 Å². The molecule has 36 heavy (non-hydrogen) atoms. The Morgan fingerprint density at radius 3 is 2.22 bits per heavy atom. The van der Waals surface area contributed by atoms with E-state index in [2.05, 4.69) is 4.90 Å². The van der Waals surface area contributed by atoms with Gasteiger partial charge < -0.3 is 25.1 Å². The first-order valence-corrected chi connectivity index (χ1v) is 12.3. The second-order valence-corrected chi connectivity index (χ2v) is 9.46. The minimum Gasteiger partial charge on any atom is -0.508 e. The lowest BCUT2D eigenvalue weighted by Gasteiger charge is -2.39. The number of phenolic OH excluding ortho intramolecular Hbond substituents is 1. The van der Waals surface area contributed by atoms with Crippen molar-refractivity contribution in [3.8, 4) is 5.75 Å². The third-order valence-corrected chi connectivity index (χ3v) is 6.92. The first-order valence-electron chi connectivity index (χ1n) is 11.6. The van der Waals surface area contributed by atoms with Gasteiger partial charge in [0.25, 0.3) is 0 Å². The van der Waals surface area contributed by atoms with E-state index < -0.39 is 11.9 Å². The van der Waals surface area contributed by atoms with Crippen LogP contribution in [0.2, 0.25) is 10.0 Å². The monoisotopic (exact) mass is 534 g/mol. The number of benzene rings is 2. The van der Waals surface area contributed by atoms with Crippen LogP contribution in [0, 0.1) is 0 Å². The molecule has 1 saturated heterocycles. The van der Waals surface area contributed by atoms with Crippen LogP contribution in [0.4, 0.5) is 0 Å². The number of hydrogen-bond donors (Lipinski definition) is 3. The Balaban J connectivity index is 0.000000392. The number of phenols is 1. The molecule has 0 saturated carbocycles. The highest BCUT2D eigenvalue weighted by molar-refractivity contribution is 6.42. The molecule has 2 heterocycles. The van der Waals surface area contributed by atoms with E-state index in [4.69, 9.17) is 33.4 Å². The SMILES string of the molecule is O=C(Cc1ccc(Cl)c(Cl)c1)N1CCc2c(O)cccc2C1CN1CCCC1.O=C(O)/C=C\C(=O)O. The van der Waals surface area contributed by atoms with Gasteiger partial charge in [0.1, 0.15) is 5.75 Å². The molecule has 3 N–H and O–H groups in total. The number of carboxylic acid groups (broad SMARTS) is 2. The number of likely N-dealkylation sites (tertiary alicyclic amines) is 1. The Hall–Kier alpha value is -3.07. The molecule has 8 nitrogen and oxygen atoms in total. The third kappa shape index (κ3) is 7.46. The number of carbonyl (C=O) groups excluding carboxylic acids is 1. The van der Waals surface area contributed by atoms with Crippen LogP contribution in [0.3, 0.4) is 0 Å². The van der Waals surface area contributed by atoms with Crippen LogP contribution in [0.25, 0.3) is 0 Å². The number of amides is 1. The Labute approximate surface area is 219 Å². The summed E-state index contributed by atoms with van der Waals surface area (Å²) in [7, 11) is 0. The fraction of sp³-hybridized carbons (Fsp3) is 0.346. The van der Waals surface area contributed by atoms with E-state index in [0.717, 1.165) is 36.3 Å². The maximum atomic E-state index is 13.2. The van der Waals surface area contributed by atoms with Crippen LogP contribution in [-0.4, -0.2) is 69.1 Å². The number of carboxylic acids is 2. The highest BCUT2D eigenvalue weighted by Gasteiger charge is 2.33. The van der Waals surface area contributed by atoms with Crippen molar-refractivity contribution in [2.45, 2.75) is 31.7 Å². The Bertz CT molecular complexity index is 1130. The van der Waals surface area contributed by atoms with Gasteiger partial charge in [-0.25, -0.2) is 9.59 Å². The zero-order valence-electron chi connectivity index (χ0n) is 19.6. The topological polar surface area (TPSA) is 118 Å². The van der Waals surface area contributed by atoms with E-state index in [-0.39, 0.29) is 11.9 Å². The van der Waals surface area contributed by atoms with Gasteiger partial charge in [0.15, 0.2) is 0 Å². The molecule has 0 spiro atoms. The predicted octanol–water partition coefficient (Wildman–Crippen LogP) is 4.18. The number of carbonyl (C=O) groups is 3. The molecule has 0 radical (unpaired) electrons. The number of fused-ring (bicyclic) bond motifs is 1. The fourth-order valence-corrected chi connectivity index (χ4v) is 4.83. The molecule has 1 atom stereocenters. The molecule has 4 rings (SSSR count). The van der Waals surface area contributed by atoms with Gasteiger partial charge in [0, 0.05) is 30.8 Å². The minimum atomic E-state index is -1.26. The van der Waals surface area contributed by atoms with E-state index in [1.807, 2.05) is 23.1 Å². The smallest absolute Gasteiger partial charge is 0.328 e. The average molecular weight is 535 g/mol. The van der Waals surface area contributed by atoms with E-state index in [9.17, 15) is 19.5 Å². The summed E-state index contributed by atoms with van der Waals surface area (Å²) < 4.78 is 0. The number of nitrogens with zero attached hydrogens (tertiary/aromatic N) is 2. The van der Waals surface area contributed by atoms with Gasteiger partial charge in [-0.2, -0.15) is 0 Å². The molecule has 2 aliphatic heterocycles. The predicted molar refractivity (Wildman–Crippen MR) is 137 cm³/mol. The number of aromatic hydroxyl groups is 1. The average Bonchev–Trinajstić information content (AvgIpc) is 3.34. The summed E-state index contributed by atoms with van der Waals surface area (Å²) in [5, 5.41) is 26.9. The van der Waals surface area contributed by atoms with E-state index in [0.29, 0.717) is 47.3 Å². The van der Waals surface area contributed by atoms with Gasteiger partial charge in [0.2, 0.25) is 5.91 Å². The normalized spacial score (nSPS) is 17.4. The summed E-state index contributed by atoms with van der Waals surface area (Å²) in [6.07, 6.45) is 4.49. The number of hydrogen-bond acceptors (Lipinski definition) is 5. The molecule has 0 bridgehead atoms. The summed E-state index contributed by atoms with van der Waals surface area (Å²) in [6.45, 7) is 3.56. The number of rotatable bonds is 6. The molecule has 0 aliphatic carbocycles. The quantitative estimate of drug-likeness (QED) is 0.475. The summed E-state index contributed by atoms with van der Waals surface area (Å²) in [5.74, 6) is -2.10. The highest BCUT2D eigenvalue weighted by atomic mass is 35.5. The van der Waals surface area contributed by atoms with Gasteiger partial charge in [-0.3, -0.25) is 4.79 Å². The van der Waals surface area contributed by atoms with Gasteiger partial charge in [-0.05, 0) is 61.7 Å². The van der Waals surface area contributed by atoms with Crippen molar-refractivity contribution in [2.75, 3.05) is 26.2 Å². The number of halogens is 2. The molecule has 1 unspecified atom stereocenters. The first kappa shape index (κ1) is 27.5. The van der Waals surface area contributed by atoms with Crippen LogP contribution in [0.15, 0.2) is 48.6 Å². The van der Waals surface area contributed by atoms with Gasteiger partial charge in [-0.15, -0.1) is 0 Å². The van der Waals surface area contributed by atoms with Crippen molar-refractivity contribution in [2.24, 2.45) is 0 Å². The van der Waals surface area contributed by atoms with Crippen molar-refractivity contribution < 1.29 is 29.7 Å². The minimum absolute atomic E-state index is 0.0378. The molecule has 2 aromatic rings. The van der Waals surface area contributed by atoms with E-state index in [1.165, 1.54) is 12.8 Å². The standard InChI is InChI=1S/C22H24Cl2N2O2.C4H4O4/c23-18-7-6-15(12-19(18)24)13-22(28)26-11-8-17-16(4-3-5-21(17)27)20(26)14-25-9-1-2-10-25;5-3(6)1-2-4(7)8/h3-7,12,20,27H,1-2,8-11,13-14H2;1-2H,(H,5,6)(H,7,8)/b;2-1-. The lowest BCUT2D eigenvalue weighted by molar-refractivity contribution is -0.134. The lowest BCUT2D eigenvalue weighted by Crippen LogP contribution is -2.45. The summed E-state index contributed by atoms with van der Waals surface area (Å²) in [4.78, 5) is 36.7. The number of aliphatic carboxylic acids is 2. The second-order valence-electron chi connectivity index (χ2n) is 8.64. The summed E-state index contributed by atoms with van der Waals surface area (Å²) in [6, 6.07) is 11.0. The Morgan fingerprint density at radius 2 is 1.61 bits per heavy atom. The summed E-state index contributed by atoms with van der Waals surface area (Å²) in [5.41, 5.74) is 2.91. The molecule has 0 aromatic heterocycles. The van der Waals surface area contributed by atoms with Gasteiger partial charge in [-0.1, -0.05) is 41.4 Å². The van der Waals surface area contributed by atoms with Crippen LogP contribution < -0.4 is 0 Å². The van der Waals surface area contributed by atoms with Crippen LogP contribution in [0.1, 0.15) is 35.6 Å². The second kappa shape index (κ2) is 12.8. The molecule has 1 fully saturated rings. The Morgan fingerprint density at radius 1 is 0.944 bits per heavy atom. The van der Waals surface area contributed by atoms with Gasteiger partial charge >= 0.3 is 11.9 Å². The zero-order valence-corrected chi connectivity index (χ0v) is 21.1.